The van der Waals surface area contributed by atoms with Crippen LogP contribution in [0.3, 0.4) is 0 Å². The summed E-state index contributed by atoms with van der Waals surface area (Å²) in [7, 11) is 0. The van der Waals surface area contributed by atoms with Crippen molar-refractivity contribution in [3.8, 4) is 0 Å². The third-order valence-corrected chi connectivity index (χ3v) is 1.56. The third-order valence-electron chi connectivity index (χ3n) is 1.56. The van der Waals surface area contributed by atoms with Crippen molar-refractivity contribution in [3.63, 3.8) is 0 Å². The van der Waals surface area contributed by atoms with Gasteiger partial charge in [0.2, 0.25) is 0 Å². The van der Waals surface area contributed by atoms with Crippen LogP contribution in [-0.4, -0.2) is 0 Å². The molecule has 0 aromatic rings. The van der Waals surface area contributed by atoms with Crippen LogP contribution in [0, 0.1) is 5.92 Å². The summed E-state index contributed by atoms with van der Waals surface area (Å²) >= 11 is 0. The summed E-state index contributed by atoms with van der Waals surface area (Å²) in [5.74, 6) is 1.13. The zero-order chi connectivity index (χ0) is 7.11. The topological polar surface area (TPSA) is 0 Å². The molecule has 0 aromatic carbocycles. The largest absolute Gasteiger partial charge is 0.103 e. The van der Waals surface area contributed by atoms with E-state index in [1.165, 1.54) is 19.3 Å². The predicted molar refractivity (Wildman–Crippen MR) is 43.5 cm³/mol. The lowest BCUT2D eigenvalue weighted by Crippen LogP contribution is -1.59. The van der Waals surface area contributed by atoms with Crippen molar-refractivity contribution >= 4 is 0 Å². The lowest BCUT2D eigenvalue weighted by molar-refractivity contribution is 0.799. The Morgan fingerprint density at radius 2 is 1.89 bits per heavy atom. The second kappa shape index (κ2) is 5.87. The highest BCUT2D eigenvalue weighted by Gasteiger charge is 2.17. The predicted octanol–water partition coefficient (Wildman–Crippen LogP) is 3.39. The van der Waals surface area contributed by atoms with E-state index in [4.69, 9.17) is 0 Å². The van der Waals surface area contributed by atoms with Gasteiger partial charge in [0.25, 0.3) is 0 Å². The number of allylic oxidation sites excluding steroid dienone is 1. The minimum Gasteiger partial charge on any atom is -0.103 e. The Kier molecular flexibility index (Phi) is 5.70. The van der Waals surface area contributed by atoms with Gasteiger partial charge in [0.1, 0.15) is 0 Å². The summed E-state index contributed by atoms with van der Waals surface area (Å²) in [4.78, 5) is 0. The lowest BCUT2D eigenvalue weighted by Gasteiger charge is -1.72. The molecule has 0 unspecified atom stereocenters. The van der Waals surface area contributed by atoms with Gasteiger partial charge >= 0.3 is 0 Å². The lowest BCUT2D eigenvalue weighted by atomic mass is 10.3. The van der Waals surface area contributed by atoms with Crippen LogP contribution >= 0.6 is 0 Å². The van der Waals surface area contributed by atoms with Crippen molar-refractivity contribution in [1.82, 2.24) is 0 Å². The molecule has 54 valence electrons. The van der Waals surface area contributed by atoms with Gasteiger partial charge in [-0.2, -0.15) is 0 Å². The van der Waals surface area contributed by atoms with Gasteiger partial charge in [0.05, 0.1) is 0 Å². The molecule has 1 saturated carbocycles. The standard InChI is InChI=1S/C5H10.C4H8/c1-2-5-3-4-5;1-3-4-2/h5H,2-4H2,1H3;3H,1,4H2,2H3. The van der Waals surface area contributed by atoms with Crippen LogP contribution < -0.4 is 0 Å². The highest BCUT2D eigenvalue weighted by molar-refractivity contribution is 4.69. The molecule has 0 bridgehead atoms. The fraction of sp³-hybridized carbons (Fsp3) is 0.778. The molecule has 0 saturated heterocycles. The van der Waals surface area contributed by atoms with E-state index in [1.54, 1.807) is 0 Å². The first-order chi connectivity index (χ1) is 4.35. The monoisotopic (exact) mass is 126 g/mol. The summed E-state index contributed by atoms with van der Waals surface area (Å²) in [6.45, 7) is 7.80. The molecule has 0 spiro atoms. The molecule has 0 heterocycles. The summed E-state index contributed by atoms with van der Waals surface area (Å²) in [6, 6.07) is 0. The zero-order valence-electron chi connectivity index (χ0n) is 6.69. The minimum absolute atomic E-state index is 1.08. The highest BCUT2D eigenvalue weighted by Crippen LogP contribution is 2.31. The first kappa shape index (κ1) is 8.74. The maximum absolute atomic E-state index is 3.48. The van der Waals surface area contributed by atoms with E-state index in [2.05, 4.69) is 20.4 Å². The van der Waals surface area contributed by atoms with Crippen molar-refractivity contribution < 1.29 is 0 Å². The van der Waals surface area contributed by atoms with Gasteiger partial charge in [-0.3, -0.25) is 0 Å². The second-order valence-electron chi connectivity index (χ2n) is 2.55. The molecule has 0 amide bonds. The van der Waals surface area contributed by atoms with E-state index in [-0.39, 0.29) is 0 Å². The Labute approximate surface area is 59.0 Å². The molecule has 9 heavy (non-hydrogen) atoms. The Bertz CT molecular complexity index is 60.4. The van der Waals surface area contributed by atoms with E-state index >= 15 is 0 Å². The van der Waals surface area contributed by atoms with Gasteiger partial charge < -0.3 is 0 Å². The first-order valence-corrected chi connectivity index (χ1v) is 3.96. The van der Waals surface area contributed by atoms with Crippen molar-refractivity contribution in [2.45, 2.75) is 39.5 Å². The van der Waals surface area contributed by atoms with Crippen LogP contribution in [0.25, 0.3) is 0 Å². The van der Waals surface area contributed by atoms with Crippen LogP contribution in [0.2, 0.25) is 0 Å². The van der Waals surface area contributed by atoms with Crippen LogP contribution in [-0.2, 0) is 0 Å². The van der Waals surface area contributed by atoms with Gasteiger partial charge in [0.15, 0.2) is 0 Å². The van der Waals surface area contributed by atoms with Crippen LogP contribution in [0.15, 0.2) is 12.7 Å². The van der Waals surface area contributed by atoms with Gasteiger partial charge in [-0.1, -0.05) is 39.2 Å². The Hall–Kier alpha value is -0.260. The molecular weight excluding hydrogens is 108 g/mol. The summed E-state index contributed by atoms with van der Waals surface area (Å²) in [5.41, 5.74) is 0. The van der Waals surface area contributed by atoms with Crippen LogP contribution in [0.1, 0.15) is 39.5 Å². The fourth-order valence-corrected chi connectivity index (χ4v) is 0.526. The maximum Gasteiger partial charge on any atom is -0.0382 e. The molecule has 0 heteroatoms. The molecule has 0 atom stereocenters. The quantitative estimate of drug-likeness (QED) is 0.497. The van der Waals surface area contributed by atoms with E-state index in [1.807, 2.05) is 6.08 Å². The summed E-state index contributed by atoms with van der Waals surface area (Å²) in [5, 5.41) is 0. The van der Waals surface area contributed by atoms with Gasteiger partial charge in [-0.15, -0.1) is 6.58 Å². The van der Waals surface area contributed by atoms with Crippen molar-refractivity contribution in [2.24, 2.45) is 5.92 Å². The number of hydrogen-bond acceptors (Lipinski definition) is 0. The summed E-state index contributed by atoms with van der Waals surface area (Å²) < 4.78 is 0. The van der Waals surface area contributed by atoms with Crippen molar-refractivity contribution in [3.05, 3.63) is 12.7 Å². The molecule has 1 fully saturated rings. The van der Waals surface area contributed by atoms with Gasteiger partial charge in [-0.25, -0.2) is 0 Å². The molecule has 0 radical (unpaired) electrons. The maximum atomic E-state index is 3.48. The van der Waals surface area contributed by atoms with Gasteiger partial charge in [0, 0.05) is 0 Å². The second-order valence-corrected chi connectivity index (χ2v) is 2.55. The van der Waals surface area contributed by atoms with Crippen LogP contribution in [0.4, 0.5) is 0 Å². The van der Waals surface area contributed by atoms with Crippen molar-refractivity contribution in [2.75, 3.05) is 0 Å². The third kappa shape index (κ3) is 7.74. The molecular formula is C9H18. The average molecular weight is 126 g/mol. The van der Waals surface area contributed by atoms with E-state index in [0.29, 0.717) is 0 Å². The Morgan fingerprint density at radius 3 is 1.89 bits per heavy atom. The SMILES string of the molecule is C=CCC.CCC1CC1. The normalized spacial score (nSPS) is 15.8. The van der Waals surface area contributed by atoms with E-state index in [9.17, 15) is 0 Å². The molecule has 0 nitrogen and oxygen atoms in total. The average Bonchev–Trinajstić information content (AvgIpc) is 2.70. The fourth-order valence-electron chi connectivity index (χ4n) is 0.526. The summed E-state index contributed by atoms with van der Waals surface area (Å²) in [6.07, 6.45) is 7.40. The molecule has 1 aliphatic carbocycles. The molecule has 1 rings (SSSR count). The minimum atomic E-state index is 1.08. The first-order valence-electron chi connectivity index (χ1n) is 3.96. The van der Waals surface area contributed by atoms with Crippen molar-refractivity contribution in [1.29, 1.82) is 0 Å². The van der Waals surface area contributed by atoms with Crippen LogP contribution in [0.5, 0.6) is 0 Å². The van der Waals surface area contributed by atoms with E-state index < -0.39 is 0 Å². The Morgan fingerprint density at radius 1 is 1.44 bits per heavy atom. The molecule has 1 aliphatic rings. The van der Waals surface area contributed by atoms with E-state index in [0.717, 1.165) is 12.3 Å². The van der Waals surface area contributed by atoms with Gasteiger partial charge in [-0.05, 0) is 12.3 Å². The zero-order valence-corrected chi connectivity index (χ0v) is 6.69. The Balaban J connectivity index is 0.000000148. The number of hydrogen-bond donors (Lipinski definition) is 0. The molecule has 0 aliphatic heterocycles. The molecule has 0 N–H and O–H groups in total. The highest BCUT2D eigenvalue weighted by atomic mass is 14.2. The smallest absolute Gasteiger partial charge is 0.0382 e. The molecule has 0 aromatic heterocycles. The number of rotatable bonds is 2.